The third-order valence-corrected chi connectivity index (χ3v) is 4.76. The van der Waals surface area contributed by atoms with Crippen LogP contribution in [0.1, 0.15) is 21.5 Å². The molecule has 0 radical (unpaired) electrons. The number of halogens is 3. The van der Waals surface area contributed by atoms with Crippen molar-refractivity contribution in [3.05, 3.63) is 77.6 Å². The van der Waals surface area contributed by atoms with E-state index in [0.29, 0.717) is 18.8 Å². The Morgan fingerprint density at radius 2 is 1.88 bits per heavy atom. The first-order chi connectivity index (χ1) is 15.1. The van der Waals surface area contributed by atoms with E-state index >= 15 is 0 Å². The van der Waals surface area contributed by atoms with Crippen molar-refractivity contribution >= 4 is 23.3 Å². The number of rotatable bonds is 6. The number of likely N-dealkylation sites (N-methyl/N-ethyl adjacent to an activating group) is 1. The zero-order valence-electron chi connectivity index (χ0n) is 17.5. The fraction of sp³-hybridized carbons (Fsp3) is 0.227. The largest absolute Gasteiger partial charge is 0.416 e. The van der Waals surface area contributed by atoms with E-state index in [9.17, 15) is 22.8 Å². The third kappa shape index (κ3) is 5.87. The molecule has 0 fully saturated rings. The number of anilines is 2. The van der Waals surface area contributed by atoms with Crippen molar-refractivity contribution in [2.24, 2.45) is 0 Å². The average molecular weight is 445 g/mol. The Bertz CT molecular complexity index is 1100. The van der Waals surface area contributed by atoms with Crippen molar-refractivity contribution in [2.75, 3.05) is 24.2 Å². The van der Waals surface area contributed by atoms with E-state index in [1.807, 2.05) is 0 Å². The summed E-state index contributed by atoms with van der Waals surface area (Å²) in [5, 5.41) is 9.30. The number of urea groups is 1. The first-order valence-corrected chi connectivity index (χ1v) is 9.72. The summed E-state index contributed by atoms with van der Waals surface area (Å²) in [6, 6.07) is 10.5. The van der Waals surface area contributed by atoms with Crippen molar-refractivity contribution in [3.63, 3.8) is 0 Å². The Kier molecular flexibility index (Phi) is 6.82. The van der Waals surface area contributed by atoms with Crippen molar-refractivity contribution in [2.45, 2.75) is 19.6 Å². The molecular formula is C22H22F3N5O2. The van der Waals surface area contributed by atoms with Crippen LogP contribution in [0, 0.1) is 6.92 Å². The van der Waals surface area contributed by atoms with Gasteiger partial charge in [-0.3, -0.25) is 9.48 Å². The lowest BCUT2D eigenvalue weighted by molar-refractivity contribution is -0.137. The predicted octanol–water partition coefficient (Wildman–Crippen LogP) is 4.63. The Balaban J connectivity index is 1.67. The van der Waals surface area contributed by atoms with Gasteiger partial charge in [0.25, 0.3) is 5.91 Å². The Morgan fingerprint density at radius 3 is 2.56 bits per heavy atom. The molecule has 0 atom stereocenters. The normalized spacial score (nSPS) is 11.2. The zero-order chi connectivity index (χ0) is 23.3. The number of amides is 3. The van der Waals surface area contributed by atoms with Crippen molar-refractivity contribution in [1.29, 1.82) is 0 Å². The summed E-state index contributed by atoms with van der Waals surface area (Å²) in [5.74, 6) is -0.591. The van der Waals surface area contributed by atoms with Crippen LogP contribution in [-0.4, -0.2) is 40.2 Å². The molecule has 0 bridgehead atoms. The summed E-state index contributed by atoms with van der Waals surface area (Å²) in [4.78, 5) is 26.6. The number of benzene rings is 2. The molecule has 32 heavy (non-hydrogen) atoms. The minimum atomic E-state index is -4.51. The number of hydrogen-bond donors (Lipinski definition) is 2. The van der Waals surface area contributed by atoms with Gasteiger partial charge in [0.05, 0.1) is 12.1 Å². The van der Waals surface area contributed by atoms with Gasteiger partial charge in [0.1, 0.15) is 0 Å². The van der Waals surface area contributed by atoms with E-state index in [-0.39, 0.29) is 17.3 Å². The van der Waals surface area contributed by atoms with E-state index < -0.39 is 17.6 Å². The van der Waals surface area contributed by atoms with Crippen LogP contribution in [0.4, 0.5) is 29.3 Å². The van der Waals surface area contributed by atoms with Gasteiger partial charge in [-0.25, -0.2) is 4.79 Å². The first-order valence-electron chi connectivity index (χ1n) is 9.72. The van der Waals surface area contributed by atoms with E-state index in [1.165, 1.54) is 29.2 Å². The minimum absolute atomic E-state index is 0.0225. The molecule has 0 aliphatic rings. The maximum Gasteiger partial charge on any atom is 0.416 e. The van der Waals surface area contributed by atoms with Gasteiger partial charge >= 0.3 is 12.2 Å². The Labute approximate surface area is 182 Å². The summed E-state index contributed by atoms with van der Waals surface area (Å²) < 4.78 is 40.4. The summed E-state index contributed by atoms with van der Waals surface area (Å²) in [7, 11) is 1.64. The molecule has 3 aromatic rings. The highest BCUT2D eigenvalue weighted by atomic mass is 19.4. The molecule has 0 saturated carbocycles. The quantitative estimate of drug-likeness (QED) is 0.581. The minimum Gasteiger partial charge on any atom is -0.326 e. The maximum absolute atomic E-state index is 12.9. The Morgan fingerprint density at radius 1 is 1.09 bits per heavy atom. The molecule has 0 aliphatic carbocycles. The second-order valence-electron chi connectivity index (χ2n) is 7.18. The van der Waals surface area contributed by atoms with E-state index in [0.717, 1.165) is 17.7 Å². The number of alkyl halides is 3. The molecule has 3 rings (SSSR count). The molecule has 0 unspecified atom stereocenters. The van der Waals surface area contributed by atoms with Crippen molar-refractivity contribution in [1.82, 2.24) is 14.7 Å². The van der Waals surface area contributed by atoms with Crippen molar-refractivity contribution in [3.8, 4) is 0 Å². The van der Waals surface area contributed by atoms with Crippen molar-refractivity contribution < 1.29 is 22.8 Å². The highest BCUT2D eigenvalue weighted by Gasteiger charge is 2.30. The maximum atomic E-state index is 12.9. The molecule has 1 aromatic heterocycles. The van der Waals surface area contributed by atoms with Gasteiger partial charge < -0.3 is 15.5 Å². The van der Waals surface area contributed by atoms with Gasteiger partial charge in [-0.15, -0.1) is 0 Å². The van der Waals surface area contributed by atoms with Crippen LogP contribution >= 0.6 is 0 Å². The van der Waals surface area contributed by atoms with Crippen LogP contribution in [0.15, 0.2) is 60.9 Å². The standard InChI is InChI=1S/C22H22F3N5O2/c1-15-7-8-16(20(31)27-18-6-3-5-17(14-18)22(23,24)25)13-19(15)28-21(32)29(2)11-12-30-10-4-9-26-30/h3-10,13-14H,11-12H2,1-2H3,(H,27,31)(H,28,32). The van der Waals surface area contributed by atoms with Crippen LogP contribution in [0.5, 0.6) is 0 Å². The fourth-order valence-electron chi connectivity index (χ4n) is 2.87. The van der Waals surface area contributed by atoms with Crippen LogP contribution in [-0.2, 0) is 12.7 Å². The molecule has 168 valence electrons. The molecule has 3 amide bonds. The summed E-state index contributed by atoms with van der Waals surface area (Å²) in [6.07, 6.45) is -1.06. The number of carbonyl (C=O) groups excluding carboxylic acids is 2. The molecule has 7 nitrogen and oxygen atoms in total. The number of aryl methyl sites for hydroxylation is 1. The number of carbonyl (C=O) groups is 2. The number of nitrogens with one attached hydrogen (secondary N) is 2. The highest BCUT2D eigenvalue weighted by Crippen LogP contribution is 2.30. The van der Waals surface area contributed by atoms with E-state index in [1.54, 1.807) is 43.2 Å². The molecule has 10 heteroatoms. The molecule has 1 heterocycles. The first kappa shape index (κ1) is 22.9. The van der Waals surface area contributed by atoms with Gasteiger partial charge in [0, 0.05) is 42.9 Å². The Hall–Kier alpha value is -3.82. The smallest absolute Gasteiger partial charge is 0.326 e. The van der Waals surface area contributed by atoms with E-state index in [2.05, 4.69) is 15.7 Å². The molecule has 2 N–H and O–H groups in total. The van der Waals surface area contributed by atoms with Gasteiger partial charge in [-0.05, 0) is 48.9 Å². The lowest BCUT2D eigenvalue weighted by atomic mass is 10.1. The molecule has 0 saturated heterocycles. The predicted molar refractivity (Wildman–Crippen MR) is 114 cm³/mol. The van der Waals surface area contributed by atoms with Crippen LogP contribution in [0.3, 0.4) is 0 Å². The second-order valence-corrected chi connectivity index (χ2v) is 7.18. The monoisotopic (exact) mass is 445 g/mol. The topological polar surface area (TPSA) is 79.3 Å². The number of nitrogens with zero attached hydrogens (tertiary/aromatic N) is 3. The SMILES string of the molecule is Cc1ccc(C(=O)Nc2cccc(C(F)(F)F)c2)cc1NC(=O)N(C)CCn1cccn1. The van der Waals surface area contributed by atoms with E-state index in [4.69, 9.17) is 0 Å². The van der Waals surface area contributed by atoms with Gasteiger partial charge in [-0.1, -0.05) is 12.1 Å². The number of hydrogen-bond acceptors (Lipinski definition) is 3. The van der Waals surface area contributed by atoms with Gasteiger partial charge in [0.2, 0.25) is 0 Å². The average Bonchev–Trinajstić information content (AvgIpc) is 3.26. The second kappa shape index (κ2) is 9.54. The lowest BCUT2D eigenvalue weighted by Gasteiger charge is -2.19. The summed E-state index contributed by atoms with van der Waals surface area (Å²) >= 11 is 0. The third-order valence-electron chi connectivity index (χ3n) is 4.76. The van der Waals surface area contributed by atoms with Crippen LogP contribution in [0.2, 0.25) is 0 Å². The van der Waals surface area contributed by atoms with Gasteiger partial charge in [-0.2, -0.15) is 18.3 Å². The molecule has 2 aromatic carbocycles. The zero-order valence-corrected chi connectivity index (χ0v) is 17.5. The lowest BCUT2D eigenvalue weighted by Crippen LogP contribution is -2.34. The molecule has 0 aliphatic heterocycles. The van der Waals surface area contributed by atoms with Gasteiger partial charge in [0.15, 0.2) is 0 Å². The fourth-order valence-corrected chi connectivity index (χ4v) is 2.87. The highest BCUT2D eigenvalue weighted by molar-refractivity contribution is 6.05. The van der Waals surface area contributed by atoms with Crippen LogP contribution in [0.25, 0.3) is 0 Å². The summed E-state index contributed by atoms with van der Waals surface area (Å²) in [6.45, 7) is 2.71. The summed E-state index contributed by atoms with van der Waals surface area (Å²) in [5.41, 5.74) is 0.522. The van der Waals surface area contributed by atoms with Crippen LogP contribution < -0.4 is 10.6 Å². The molecule has 0 spiro atoms. The molecular weight excluding hydrogens is 423 g/mol. The number of aromatic nitrogens is 2.